The highest BCUT2D eigenvalue weighted by Crippen LogP contribution is 2.44. The molecule has 118 valence electrons. The Kier molecular flexibility index (Phi) is 4.16. The van der Waals surface area contributed by atoms with Gasteiger partial charge in [-0.15, -0.1) is 0 Å². The van der Waals surface area contributed by atoms with Gasteiger partial charge in [-0.05, 0) is 42.4 Å². The average Bonchev–Trinajstić information content (AvgIpc) is 3.26. The molecule has 22 heavy (non-hydrogen) atoms. The Morgan fingerprint density at radius 2 is 1.91 bits per heavy atom. The zero-order chi connectivity index (χ0) is 15.7. The van der Waals surface area contributed by atoms with Crippen molar-refractivity contribution >= 4 is 11.9 Å². The van der Waals surface area contributed by atoms with Gasteiger partial charge in [0.25, 0.3) is 5.91 Å². The third-order valence-electron chi connectivity index (χ3n) is 4.71. The molecule has 3 rings (SSSR count). The molecule has 2 atom stereocenters. The molecule has 1 aliphatic heterocycles. The van der Waals surface area contributed by atoms with E-state index in [9.17, 15) is 14.7 Å². The van der Waals surface area contributed by atoms with E-state index in [-0.39, 0.29) is 11.8 Å². The molecule has 1 heterocycles. The summed E-state index contributed by atoms with van der Waals surface area (Å²) in [6, 6.07) is 7.33. The zero-order valence-corrected chi connectivity index (χ0v) is 12.7. The lowest BCUT2D eigenvalue weighted by Gasteiger charge is -2.16. The standard InChI is InChI=1S/C17H21NO4/c1-22-10-11-2-4-13(5-3-11)16(19)18-8-14(12-6-7-12)15(9-18)17(20)21/h2-5,12,14-15H,6-10H2,1H3,(H,20,21)/t14-,15+/m1/s1. The summed E-state index contributed by atoms with van der Waals surface area (Å²) in [6.45, 7) is 1.42. The van der Waals surface area contributed by atoms with Crippen LogP contribution < -0.4 is 0 Å². The summed E-state index contributed by atoms with van der Waals surface area (Å²) in [7, 11) is 1.63. The summed E-state index contributed by atoms with van der Waals surface area (Å²) in [6.07, 6.45) is 2.20. The Balaban J connectivity index is 1.70. The SMILES string of the molecule is COCc1ccc(C(=O)N2C[C@H](C(=O)O)[C@@H](C3CC3)C2)cc1. The lowest BCUT2D eigenvalue weighted by molar-refractivity contribution is -0.142. The fourth-order valence-corrected chi connectivity index (χ4v) is 3.35. The number of nitrogens with zero attached hydrogens (tertiary/aromatic N) is 1. The largest absolute Gasteiger partial charge is 0.481 e. The summed E-state index contributed by atoms with van der Waals surface area (Å²) in [5.41, 5.74) is 1.63. The second kappa shape index (κ2) is 6.08. The van der Waals surface area contributed by atoms with Crippen molar-refractivity contribution < 1.29 is 19.4 Å². The van der Waals surface area contributed by atoms with Crippen LogP contribution in [0.5, 0.6) is 0 Å². The van der Waals surface area contributed by atoms with Crippen molar-refractivity contribution in [2.45, 2.75) is 19.4 Å². The molecule has 5 nitrogen and oxygen atoms in total. The van der Waals surface area contributed by atoms with Gasteiger partial charge in [-0.25, -0.2) is 0 Å². The van der Waals surface area contributed by atoms with Crippen LogP contribution in [0.15, 0.2) is 24.3 Å². The lowest BCUT2D eigenvalue weighted by Crippen LogP contribution is -2.29. The van der Waals surface area contributed by atoms with E-state index in [1.165, 1.54) is 0 Å². The molecule has 1 saturated carbocycles. The molecule has 0 bridgehead atoms. The Bertz CT molecular complexity index is 565. The van der Waals surface area contributed by atoms with Crippen molar-refractivity contribution in [3.8, 4) is 0 Å². The van der Waals surface area contributed by atoms with Crippen LogP contribution in [0.1, 0.15) is 28.8 Å². The van der Waals surface area contributed by atoms with Gasteiger partial charge in [-0.2, -0.15) is 0 Å². The highest BCUT2D eigenvalue weighted by Gasteiger charge is 2.46. The first-order valence-electron chi connectivity index (χ1n) is 7.70. The minimum absolute atomic E-state index is 0.0710. The molecule has 1 N–H and O–H groups in total. The third-order valence-corrected chi connectivity index (χ3v) is 4.71. The van der Waals surface area contributed by atoms with Crippen LogP contribution in [0.25, 0.3) is 0 Å². The van der Waals surface area contributed by atoms with E-state index >= 15 is 0 Å². The molecule has 2 fully saturated rings. The highest BCUT2D eigenvalue weighted by molar-refractivity contribution is 5.95. The van der Waals surface area contributed by atoms with Crippen molar-refractivity contribution in [1.82, 2.24) is 4.90 Å². The Hall–Kier alpha value is -1.88. The number of hydrogen-bond donors (Lipinski definition) is 1. The molecule has 0 unspecified atom stereocenters. The second-order valence-corrected chi connectivity index (χ2v) is 6.29. The normalized spacial score (nSPS) is 24.5. The Morgan fingerprint density at radius 3 is 2.45 bits per heavy atom. The number of hydrogen-bond acceptors (Lipinski definition) is 3. The minimum atomic E-state index is -0.775. The number of benzene rings is 1. The highest BCUT2D eigenvalue weighted by atomic mass is 16.5. The third kappa shape index (κ3) is 2.99. The maximum Gasteiger partial charge on any atom is 0.308 e. The predicted octanol–water partition coefficient (Wildman–Crippen LogP) is 2.02. The number of amides is 1. The molecule has 5 heteroatoms. The van der Waals surface area contributed by atoms with E-state index in [2.05, 4.69) is 0 Å². The number of methoxy groups -OCH3 is 1. The van der Waals surface area contributed by atoms with Gasteiger partial charge in [0, 0.05) is 25.8 Å². The van der Waals surface area contributed by atoms with E-state index in [0.29, 0.717) is 31.2 Å². The molecule has 0 aromatic heterocycles. The van der Waals surface area contributed by atoms with E-state index in [1.54, 1.807) is 24.1 Å². The number of carboxylic acids is 1. The second-order valence-electron chi connectivity index (χ2n) is 6.29. The Morgan fingerprint density at radius 1 is 1.23 bits per heavy atom. The van der Waals surface area contributed by atoms with Crippen molar-refractivity contribution in [1.29, 1.82) is 0 Å². The molecule has 0 radical (unpaired) electrons. The van der Waals surface area contributed by atoms with Crippen molar-refractivity contribution in [3.63, 3.8) is 0 Å². The molecule has 1 aromatic carbocycles. The molecular weight excluding hydrogens is 282 g/mol. The molecular formula is C17H21NO4. The molecule has 2 aliphatic rings. The van der Waals surface area contributed by atoms with Gasteiger partial charge >= 0.3 is 5.97 Å². The van der Waals surface area contributed by atoms with Crippen LogP contribution in [0.2, 0.25) is 0 Å². The summed E-state index contributed by atoms with van der Waals surface area (Å²) in [4.78, 5) is 25.7. The number of carbonyl (C=O) groups is 2. The van der Waals surface area contributed by atoms with E-state index < -0.39 is 11.9 Å². The summed E-state index contributed by atoms with van der Waals surface area (Å²) in [5, 5.41) is 9.37. The van der Waals surface area contributed by atoms with Crippen molar-refractivity contribution in [2.24, 2.45) is 17.8 Å². The average molecular weight is 303 g/mol. The minimum Gasteiger partial charge on any atom is -0.481 e. The number of carboxylic acid groups (broad SMARTS) is 1. The monoisotopic (exact) mass is 303 g/mol. The van der Waals surface area contributed by atoms with Gasteiger partial charge in [-0.1, -0.05) is 12.1 Å². The zero-order valence-electron chi connectivity index (χ0n) is 12.7. The Labute approximate surface area is 129 Å². The van der Waals surface area contributed by atoms with Crippen LogP contribution in [0.3, 0.4) is 0 Å². The number of ether oxygens (including phenoxy) is 1. The van der Waals surface area contributed by atoms with Crippen LogP contribution in [-0.4, -0.2) is 42.1 Å². The predicted molar refractivity (Wildman–Crippen MR) is 80.4 cm³/mol. The first kappa shape index (κ1) is 15.0. The molecule has 1 amide bonds. The number of carbonyl (C=O) groups excluding carboxylic acids is 1. The first-order valence-corrected chi connectivity index (χ1v) is 7.70. The fraction of sp³-hybridized carbons (Fsp3) is 0.529. The van der Waals surface area contributed by atoms with Crippen LogP contribution in [0.4, 0.5) is 0 Å². The van der Waals surface area contributed by atoms with E-state index in [0.717, 1.165) is 18.4 Å². The number of aliphatic carboxylic acids is 1. The van der Waals surface area contributed by atoms with Gasteiger partial charge in [0.2, 0.25) is 0 Å². The van der Waals surface area contributed by atoms with Crippen molar-refractivity contribution in [3.05, 3.63) is 35.4 Å². The van der Waals surface area contributed by atoms with Gasteiger partial charge in [-0.3, -0.25) is 9.59 Å². The van der Waals surface area contributed by atoms with Gasteiger partial charge in [0.1, 0.15) is 0 Å². The quantitative estimate of drug-likeness (QED) is 0.903. The van der Waals surface area contributed by atoms with Gasteiger partial charge < -0.3 is 14.7 Å². The van der Waals surface area contributed by atoms with E-state index in [4.69, 9.17) is 4.74 Å². The molecule has 1 aliphatic carbocycles. The summed E-state index contributed by atoms with van der Waals surface area (Å²) < 4.78 is 5.06. The topological polar surface area (TPSA) is 66.8 Å². The fourth-order valence-electron chi connectivity index (χ4n) is 3.35. The maximum atomic E-state index is 12.6. The van der Waals surface area contributed by atoms with Crippen LogP contribution >= 0.6 is 0 Å². The number of likely N-dealkylation sites (tertiary alicyclic amines) is 1. The van der Waals surface area contributed by atoms with Crippen LogP contribution in [-0.2, 0) is 16.1 Å². The molecule has 0 spiro atoms. The van der Waals surface area contributed by atoms with Gasteiger partial charge in [0.05, 0.1) is 12.5 Å². The summed E-state index contributed by atoms with van der Waals surface area (Å²) >= 11 is 0. The van der Waals surface area contributed by atoms with Crippen molar-refractivity contribution in [2.75, 3.05) is 20.2 Å². The number of rotatable bonds is 5. The first-order chi connectivity index (χ1) is 10.6. The van der Waals surface area contributed by atoms with Gasteiger partial charge in [0.15, 0.2) is 0 Å². The smallest absolute Gasteiger partial charge is 0.308 e. The molecule has 1 saturated heterocycles. The lowest BCUT2D eigenvalue weighted by atomic mass is 9.92. The maximum absolute atomic E-state index is 12.6. The van der Waals surface area contributed by atoms with E-state index in [1.807, 2.05) is 12.1 Å². The molecule has 1 aromatic rings. The van der Waals surface area contributed by atoms with Crippen LogP contribution in [0, 0.1) is 17.8 Å². The summed E-state index contributed by atoms with van der Waals surface area (Å²) in [5.74, 6) is -0.651.